The fourth-order valence-corrected chi connectivity index (χ4v) is 2.17. The summed E-state index contributed by atoms with van der Waals surface area (Å²) in [5, 5.41) is 0. The molecule has 0 saturated carbocycles. The van der Waals surface area contributed by atoms with E-state index >= 15 is 0 Å². The van der Waals surface area contributed by atoms with Crippen LogP contribution in [0.25, 0.3) is 0 Å². The van der Waals surface area contributed by atoms with E-state index in [1.807, 2.05) is 67.6 Å². The molecule has 0 aliphatic carbocycles. The third kappa shape index (κ3) is 4.41. The van der Waals surface area contributed by atoms with Crippen molar-refractivity contribution in [2.24, 2.45) is 5.73 Å². The Kier molecular flexibility index (Phi) is 6.13. The van der Waals surface area contributed by atoms with E-state index < -0.39 is 12.1 Å². The maximum Gasteiger partial charge on any atom is 0.342 e. The smallest absolute Gasteiger partial charge is 0.321 e. The lowest BCUT2D eigenvalue weighted by Crippen LogP contribution is -2.23. The minimum absolute atomic E-state index is 0.322. The van der Waals surface area contributed by atoms with Gasteiger partial charge in [0.05, 0.1) is 6.04 Å². The van der Waals surface area contributed by atoms with E-state index in [1.165, 1.54) is 0 Å². The number of carbonyl (C=O) groups is 1. The summed E-state index contributed by atoms with van der Waals surface area (Å²) in [6.07, 6.45) is 0.481. The van der Waals surface area contributed by atoms with E-state index in [0.29, 0.717) is 12.8 Å². The van der Waals surface area contributed by atoms with Gasteiger partial charge in [0, 0.05) is 6.42 Å². The molecule has 0 aliphatic rings. The lowest BCUT2D eigenvalue weighted by atomic mass is 9.97. The van der Waals surface area contributed by atoms with Crippen LogP contribution >= 0.6 is 0 Å². The molecule has 2 aromatic rings. The van der Waals surface area contributed by atoms with Crippen molar-refractivity contribution in [2.45, 2.75) is 31.9 Å². The monoisotopic (exact) mass is 299 g/mol. The highest BCUT2D eigenvalue weighted by molar-refractivity contribution is 5.68. The molecule has 4 heteroatoms. The Bertz CT molecular complexity index is 571. The van der Waals surface area contributed by atoms with Crippen LogP contribution in [0.15, 0.2) is 60.7 Å². The van der Waals surface area contributed by atoms with Gasteiger partial charge in [-0.15, -0.1) is 0 Å². The van der Waals surface area contributed by atoms with Crippen molar-refractivity contribution in [1.82, 2.24) is 0 Å². The van der Waals surface area contributed by atoms with Crippen LogP contribution in [-0.2, 0) is 14.6 Å². The van der Waals surface area contributed by atoms with E-state index in [2.05, 4.69) is 0 Å². The van der Waals surface area contributed by atoms with E-state index in [4.69, 9.17) is 15.5 Å². The first-order valence-corrected chi connectivity index (χ1v) is 7.44. The number of rotatable bonds is 7. The molecule has 0 bridgehead atoms. The summed E-state index contributed by atoms with van der Waals surface area (Å²) in [7, 11) is 0. The summed E-state index contributed by atoms with van der Waals surface area (Å²) < 4.78 is 0. The molecule has 116 valence electrons. The molecule has 2 rings (SSSR count). The second kappa shape index (κ2) is 8.32. The fourth-order valence-electron chi connectivity index (χ4n) is 2.17. The van der Waals surface area contributed by atoms with Crippen molar-refractivity contribution < 1.29 is 14.6 Å². The molecule has 0 fully saturated rings. The minimum atomic E-state index is -0.551. The fraction of sp³-hybridized carbons (Fsp3) is 0.278. The average Bonchev–Trinajstić information content (AvgIpc) is 2.57. The summed E-state index contributed by atoms with van der Waals surface area (Å²) in [5.41, 5.74) is 8.10. The molecule has 0 heterocycles. The van der Waals surface area contributed by atoms with E-state index in [0.717, 1.165) is 11.1 Å². The summed E-state index contributed by atoms with van der Waals surface area (Å²) in [5.74, 6) is -0.385. The van der Waals surface area contributed by atoms with Gasteiger partial charge in [0.15, 0.2) is 0 Å². The molecule has 0 radical (unpaired) electrons. The summed E-state index contributed by atoms with van der Waals surface area (Å²) >= 11 is 0. The first-order valence-electron chi connectivity index (χ1n) is 7.44. The number of benzene rings is 2. The van der Waals surface area contributed by atoms with Crippen molar-refractivity contribution in [3.8, 4) is 0 Å². The van der Waals surface area contributed by atoms with Gasteiger partial charge in [-0.3, -0.25) is 4.89 Å². The van der Waals surface area contributed by atoms with Gasteiger partial charge in [0.1, 0.15) is 6.10 Å². The first-order chi connectivity index (χ1) is 10.7. The van der Waals surface area contributed by atoms with Crippen LogP contribution in [0, 0.1) is 0 Å². The van der Waals surface area contributed by atoms with Gasteiger partial charge in [0.2, 0.25) is 0 Å². The van der Waals surface area contributed by atoms with Gasteiger partial charge >= 0.3 is 5.97 Å². The Labute approximate surface area is 130 Å². The summed E-state index contributed by atoms with van der Waals surface area (Å²) in [6, 6.07) is 18.7. The Hall–Kier alpha value is -2.17. The largest absolute Gasteiger partial charge is 0.342 e. The summed E-state index contributed by atoms with van der Waals surface area (Å²) in [4.78, 5) is 21.9. The van der Waals surface area contributed by atoms with Gasteiger partial charge < -0.3 is 5.73 Å². The zero-order valence-corrected chi connectivity index (χ0v) is 12.6. The van der Waals surface area contributed by atoms with Crippen LogP contribution in [0.1, 0.15) is 43.0 Å². The normalized spacial score (nSPS) is 13.4. The Morgan fingerprint density at radius 2 is 1.55 bits per heavy atom. The van der Waals surface area contributed by atoms with E-state index in [-0.39, 0.29) is 5.97 Å². The molecule has 0 aliphatic heterocycles. The number of hydrogen-bond acceptors (Lipinski definition) is 4. The van der Waals surface area contributed by atoms with Crippen LogP contribution in [0.3, 0.4) is 0 Å². The van der Waals surface area contributed by atoms with Gasteiger partial charge in [-0.05, 0) is 17.5 Å². The zero-order valence-electron chi connectivity index (χ0n) is 12.6. The third-order valence-electron chi connectivity index (χ3n) is 3.34. The Morgan fingerprint density at radius 1 is 1.00 bits per heavy atom. The molecular formula is C18H21NO3. The molecule has 2 unspecified atom stereocenters. The van der Waals surface area contributed by atoms with Crippen molar-refractivity contribution in [2.75, 3.05) is 0 Å². The van der Waals surface area contributed by atoms with Gasteiger partial charge in [-0.2, -0.15) is 4.89 Å². The standard InChI is InChI=1S/C18H21NO3/c1-2-9-16(20)21-22-18(15-12-7-4-8-13-15)17(19)14-10-5-3-6-11-14/h3-8,10-13,17-18H,2,9,19H2,1H3. The molecule has 0 amide bonds. The predicted octanol–water partition coefficient (Wildman–Crippen LogP) is 3.70. The molecule has 2 atom stereocenters. The molecule has 4 nitrogen and oxygen atoms in total. The van der Waals surface area contributed by atoms with Crippen molar-refractivity contribution in [3.63, 3.8) is 0 Å². The molecule has 2 N–H and O–H groups in total. The quantitative estimate of drug-likeness (QED) is 0.625. The minimum Gasteiger partial charge on any atom is -0.321 e. The molecule has 0 aromatic heterocycles. The van der Waals surface area contributed by atoms with Crippen molar-refractivity contribution in [1.29, 1.82) is 0 Å². The highest BCUT2D eigenvalue weighted by Gasteiger charge is 2.24. The predicted molar refractivity (Wildman–Crippen MR) is 84.6 cm³/mol. The molecule has 0 saturated heterocycles. The highest BCUT2D eigenvalue weighted by Crippen LogP contribution is 2.30. The molecule has 0 spiro atoms. The second-order valence-corrected chi connectivity index (χ2v) is 5.07. The Balaban J connectivity index is 2.16. The Morgan fingerprint density at radius 3 is 2.09 bits per heavy atom. The topological polar surface area (TPSA) is 61.5 Å². The first kappa shape index (κ1) is 16.2. The lowest BCUT2D eigenvalue weighted by molar-refractivity contribution is -0.304. The number of carbonyl (C=O) groups excluding carboxylic acids is 1. The molecule has 2 aromatic carbocycles. The van der Waals surface area contributed by atoms with Crippen molar-refractivity contribution in [3.05, 3.63) is 71.8 Å². The van der Waals surface area contributed by atoms with E-state index in [9.17, 15) is 4.79 Å². The zero-order chi connectivity index (χ0) is 15.8. The molecular weight excluding hydrogens is 278 g/mol. The lowest BCUT2D eigenvalue weighted by Gasteiger charge is -2.23. The van der Waals surface area contributed by atoms with Crippen LogP contribution in [-0.4, -0.2) is 5.97 Å². The maximum atomic E-state index is 11.5. The number of hydrogen-bond donors (Lipinski definition) is 1. The van der Waals surface area contributed by atoms with Gasteiger partial charge in [0.25, 0.3) is 0 Å². The van der Waals surface area contributed by atoms with Crippen LogP contribution in [0.2, 0.25) is 0 Å². The SMILES string of the molecule is CCCC(=O)OOC(c1ccccc1)C(N)c1ccccc1. The van der Waals surface area contributed by atoms with Crippen molar-refractivity contribution >= 4 is 5.97 Å². The van der Waals surface area contributed by atoms with Gasteiger partial charge in [-0.25, -0.2) is 4.79 Å². The molecule has 22 heavy (non-hydrogen) atoms. The number of nitrogens with two attached hydrogens (primary N) is 1. The average molecular weight is 299 g/mol. The van der Waals surface area contributed by atoms with Gasteiger partial charge in [-0.1, -0.05) is 67.6 Å². The maximum absolute atomic E-state index is 11.5. The van der Waals surface area contributed by atoms with Crippen LogP contribution in [0.4, 0.5) is 0 Å². The highest BCUT2D eigenvalue weighted by atomic mass is 17.2. The second-order valence-electron chi connectivity index (χ2n) is 5.07. The van der Waals surface area contributed by atoms with Crippen LogP contribution in [0.5, 0.6) is 0 Å². The third-order valence-corrected chi connectivity index (χ3v) is 3.34. The summed E-state index contributed by atoms with van der Waals surface area (Å²) in [6.45, 7) is 1.91. The van der Waals surface area contributed by atoms with E-state index in [1.54, 1.807) is 0 Å². The van der Waals surface area contributed by atoms with Crippen LogP contribution < -0.4 is 5.73 Å².